The first kappa shape index (κ1) is 19.1. The van der Waals surface area contributed by atoms with Crippen LogP contribution >= 0.6 is 0 Å². The quantitative estimate of drug-likeness (QED) is 0.401. The highest BCUT2D eigenvalue weighted by Crippen LogP contribution is 2.26. The number of para-hydroxylation sites is 4. The number of benzene rings is 3. The van der Waals surface area contributed by atoms with Crippen molar-refractivity contribution in [2.45, 2.75) is 0 Å². The molecule has 7 nitrogen and oxygen atoms in total. The van der Waals surface area contributed by atoms with Gasteiger partial charge in [0.2, 0.25) is 0 Å². The van der Waals surface area contributed by atoms with Gasteiger partial charge in [0.15, 0.2) is 5.82 Å². The molecule has 30 heavy (non-hydrogen) atoms. The number of aromatic nitrogens is 2. The molecular weight excluding hydrogens is 378 g/mol. The van der Waals surface area contributed by atoms with Crippen molar-refractivity contribution in [2.75, 3.05) is 23.1 Å². The lowest BCUT2D eigenvalue weighted by molar-refractivity contribution is 0.251. The van der Waals surface area contributed by atoms with Gasteiger partial charge in [-0.3, -0.25) is 0 Å². The largest absolute Gasteiger partial charge is 0.495 e. The molecule has 0 fully saturated rings. The van der Waals surface area contributed by atoms with Crippen molar-refractivity contribution in [1.82, 2.24) is 9.78 Å². The summed E-state index contributed by atoms with van der Waals surface area (Å²) in [6.45, 7) is 0. The Hall–Kier alpha value is -4.26. The lowest BCUT2D eigenvalue weighted by Crippen LogP contribution is -2.22. The van der Waals surface area contributed by atoms with Crippen LogP contribution in [0.2, 0.25) is 0 Å². The number of carbonyl (C=O) groups excluding carboxylic acids is 1. The summed E-state index contributed by atoms with van der Waals surface area (Å²) in [5.74, 6) is 1.63. The number of ether oxygens (including phenoxy) is 1. The maximum Gasteiger partial charge on any atom is 0.348 e. The summed E-state index contributed by atoms with van der Waals surface area (Å²) in [5.41, 5.74) is 2.28. The van der Waals surface area contributed by atoms with Gasteiger partial charge in [0.25, 0.3) is 0 Å². The molecule has 0 aliphatic rings. The van der Waals surface area contributed by atoms with Crippen LogP contribution in [-0.4, -0.2) is 22.9 Å². The highest BCUT2D eigenvalue weighted by atomic mass is 16.5. The molecule has 1 amide bonds. The summed E-state index contributed by atoms with van der Waals surface area (Å²) < 4.78 is 6.60. The molecule has 4 aromatic rings. The number of rotatable bonds is 6. The smallest absolute Gasteiger partial charge is 0.348 e. The van der Waals surface area contributed by atoms with Gasteiger partial charge in [0.05, 0.1) is 12.8 Å². The number of amides is 1. The predicted octanol–water partition coefficient (Wildman–Crippen LogP) is 5.46. The molecule has 7 heteroatoms. The van der Waals surface area contributed by atoms with Crippen LogP contribution in [0.15, 0.2) is 91.0 Å². The third-order valence-corrected chi connectivity index (χ3v) is 4.34. The van der Waals surface area contributed by atoms with Crippen LogP contribution in [0.3, 0.4) is 0 Å². The Morgan fingerprint density at radius 1 is 0.833 bits per heavy atom. The number of hydrogen-bond donors (Lipinski definition) is 3. The van der Waals surface area contributed by atoms with Crippen molar-refractivity contribution in [1.29, 1.82) is 0 Å². The second-order valence-corrected chi connectivity index (χ2v) is 6.44. The SMILES string of the molecule is COc1ccccc1NC(=O)n1nc(Nc2ccccc2)cc1Nc1ccccc1. The number of anilines is 5. The van der Waals surface area contributed by atoms with E-state index in [1.54, 1.807) is 25.3 Å². The Balaban J connectivity index is 1.64. The molecule has 0 bridgehead atoms. The van der Waals surface area contributed by atoms with Gasteiger partial charge in [-0.1, -0.05) is 48.5 Å². The Morgan fingerprint density at radius 3 is 2.10 bits per heavy atom. The molecule has 4 rings (SSSR count). The zero-order chi connectivity index (χ0) is 20.8. The predicted molar refractivity (Wildman–Crippen MR) is 119 cm³/mol. The zero-order valence-corrected chi connectivity index (χ0v) is 16.4. The summed E-state index contributed by atoms with van der Waals surface area (Å²) in [6.07, 6.45) is 0. The Morgan fingerprint density at radius 2 is 1.43 bits per heavy atom. The Kier molecular flexibility index (Phi) is 5.61. The molecule has 0 aliphatic heterocycles. The van der Waals surface area contributed by atoms with Gasteiger partial charge in [-0.05, 0) is 36.4 Å². The van der Waals surface area contributed by atoms with Gasteiger partial charge in [0, 0.05) is 17.4 Å². The van der Waals surface area contributed by atoms with Crippen molar-refractivity contribution < 1.29 is 9.53 Å². The fourth-order valence-electron chi connectivity index (χ4n) is 2.94. The van der Waals surface area contributed by atoms with E-state index in [4.69, 9.17) is 4.74 Å². The van der Waals surface area contributed by atoms with Crippen molar-refractivity contribution in [2.24, 2.45) is 0 Å². The highest BCUT2D eigenvalue weighted by molar-refractivity contribution is 5.94. The molecule has 0 radical (unpaired) electrons. The summed E-state index contributed by atoms with van der Waals surface area (Å²) in [5, 5.41) is 13.8. The average molecular weight is 399 g/mol. The third kappa shape index (κ3) is 4.41. The third-order valence-electron chi connectivity index (χ3n) is 4.34. The molecule has 1 heterocycles. The van der Waals surface area contributed by atoms with Crippen molar-refractivity contribution in [3.05, 3.63) is 91.0 Å². The van der Waals surface area contributed by atoms with Crippen molar-refractivity contribution >= 4 is 34.7 Å². The molecule has 0 saturated heterocycles. The van der Waals surface area contributed by atoms with E-state index in [2.05, 4.69) is 21.0 Å². The first-order chi connectivity index (χ1) is 14.7. The van der Waals surface area contributed by atoms with Crippen LogP contribution in [0.4, 0.5) is 33.5 Å². The maximum atomic E-state index is 13.0. The molecule has 0 atom stereocenters. The van der Waals surface area contributed by atoms with E-state index >= 15 is 0 Å². The van der Waals surface area contributed by atoms with E-state index in [1.165, 1.54) is 4.68 Å². The van der Waals surface area contributed by atoms with Crippen LogP contribution < -0.4 is 20.7 Å². The standard InChI is InChI=1S/C23H21N5O2/c1-30-20-15-9-8-14-19(20)26-23(29)28-22(25-18-12-6-3-7-13-18)16-21(27-28)24-17-10-4-2-5-11-17/h2-16,25H,1H3,(H,24,27)(H,26,29). The molecule has 0 spiro atoms. The maximum absolute atomic E-state index is 13.0. The summed E-state index contributed by atoms with van der Waals surface area (Å²) in [6, 6.07) is 27.8. The molecular formula is C23H21N5O2. The van der Waals surface area contributed by atoms with Gasteiger partial charge in [-0.2, -0.15) is 4.68 Å². The zero-order valence-electron chi connectivity index (χ0n) is 16.4. The fraction of sp³-hybridized carbons (Fsp3) is 0.0435. The van der Waals surface area contributed by atoms with Crippen LogP contribution in [0.1, 0.15) is 0 Å². The summed E-state index contributed by atoms with van der Waals surface area (Å²) in [4.78, 5) is 13.0. The van der Waals surface area contributed by atoms with Crippen molar-refractivity contribution in [3.63, 3.8) is 0 Å². The van der Waals surface area contributed by atoms with Gasteiger partial charge < -0.3 is 20.7 Å². The Labute approximate surface area is 174 Å². The average Bonchev–Trinajstić information content (AvgIpc) is 3.17. The minimum Gasteiger partial charge on any atom is -0.495 e. The molecule has 0 saturated carbocycles. The molecule has 0 aliphatic carbocycles. The number of methoxy groups -OCH3 is 1. The minimum atomic E-state index is -0.418. The van der Waals surface area contributed by atoms with Gasteiger partial charge in [-0.15, -0.1) is 5.10 Å². The number of nitrogens with one attached hydrogen (secondary N) is 3. The van der Waals surface area contributed by atoms with Gasteiger partial charge in [-0.25, -0.2) is 4.79 Å². The van der Waals surface area contributed by atoms with E-state index in [9.17, 15) is 4.79 Å². The summed E-state index contributed by atoms with van der Waals surface area (Å²) in [7, 11) is 1.56. The van der Waals surface area contributed by atoms with Crippen LogP contribution in [-0.2, 0) is 0 Å². The van der Waals surface area contributed by atoms with Crippen molar-refractivity contribution in [3.8, 4) is 5.75 Å². The second-order valence-electron chi connectivity index (χ2n) is 6.44. The van der Waals surface area contributed by atoms with Crippen LogP contribution in [0, 0.1) is 0 Å². The van der Waals surface area contributed by atoms with Crippen LogP contribution in [0.5, 0.6) is 5.75 Å². The van der Waals surface area contributed by atoms with E-state index in [-0.39, 0.29) is 0 Å². The lowest BCUT2D eigenvalue weighted by atomic mass is 10.3. The topological polar surface area (TPSA) is 80.2 Å². The normalized spacial score (nSPS) is 10.3. The molecule has 1 aromatic heterocycles. The first-order valence-corrected chi connectivity index (χ1v) is 9.41. The number of hydrogen-bond acceptors (Lipinski definition) is 5. The number of carbonyl (C=O) groups is 1. The monoisotopic (exact) mass is 399 g/mol. The molecule has 0 unspecified atom stereocenters. The number of nitrogens with zero attached hydrogens (tertiary/aromatic N) is 2. The molecule has 150 valence electrons. The van der Waals surface area contributed by atoms with E-state index in [0.29, 0.717) is 23.1 Å². The second kappa shape index (κ2) is 8.83. The highest BCUT2D eigenvalue weighted by Gasteiger charge is 2.16. The van der Waals surface area contributed by atoms with Gasteiger partial charge in [0.1, 0.15) is 11.6 Å². The molecule has 3 aromatic carbocycles. The summed E-state index contributed by atoms with van der Waals surface area (Å²) >= 11 is 0. The first-order valence-electron chi connectivity index (χ1n) is 9.41. The van der Waals surface area contributed by atoms with E-state index in [0.717, 1.165) is 11.4 Å². The Bertz CT molecular complexity index is 1130. The van der Waals surface area contributed by atoms with Gasteiger partial charge >= 0.3 is 6.03 Å². The lowest BCUT2D eigenvalue weighted by Gasteiger charge is -2.12. The van der Waals surface area contributed by atoms with E-state index in [1.807, 2.05) is 72.8 Å². The minimum absolute atomic E-state index is 0.418. The van der Waals surface area contributed by atoms with E-state index < -0.39 is 6.03 Å². The van der Waals surface area contributed by atoms with Crippen LogP contribution in [0.25, 0.3) is 0 Å². The fourth-order valence-corrected chi connectivity index (χ4v) is 2.94. The molecule has 3 N–H and O–H groups in total.